The van der Waals surface area contributed by atoms with E-state index in [2.05, 4.69) is 11.9 Å². The summed E-state index contributed by atoms with van der Waals surface area (Å²) < 4.78 is 0. The molecule has 0 N–H and O–H groups in total. The first-order valence-electron chi connectivity index (χ1n) is 5.14. The lowest BCUT2D eigenvalue weighted by Gasteiger charge is -2.17. The summed E-state index contributed by atoms with van der Waals surface area (Å²) in [5.74, 6) is 0.209. The summed E-state index contributed by atoms with van der Waals surface area (Å²) in [6, 6.07) is 0. The smallest absolute Gasteiger partial charge is 0.219 e. The third-order valence-electron chi connectivity index (χ3n) is 2.16. The second kappa shape index (κ2) is 6.89. The maximum absolute atomic E-state index is 11.0. The van der Waals surface area contributed by atoms with Crippen molar-refractivity contribution in [2.75, 3.05) is 33.2 Å². The van der Waals surface area contributed by atoms with Crippen LogP contribution in [0, 0.1) is 0 Å². The maximum Gasteiger partial charge on any atom is 0.219 e. The van der Waals surface area contributed by atoms with E-state index in [0.29, 0.717) is 0 Å². The minimum atomic E-state index is 0.209. The Hall–Kier alpha value is -0.570. The fourth-order valence-electron chi connectivity index (χ4n) is 1.36. The highest BCUT2D eigenvalue weighted by atomic mass is 16.2. The molecule has 1 amide bonds. The molecule has 0 spiro atoms. The highest BCUT2D eigenvalue weighted by Gasteiger charge is 2.12. The predicted octanol–water partition coefficient (Wildman–Crippen LogP) is 1.20. The summed E-state index contributed by atoms with van der Waals surface area (Å²) in [6.45, 7) is 9.60. The van der Waals surface area contributed by atoms with Crippen LogP contribution in [0.3, 0.4) is 0 Å². The van der Waals surface area contributed by atoms with Gasteiger partial charge in [0.2, 0.25) is 5.91 Å². The van der Waals surface area contributed by atoms with Crippen LogP contribution < -0.4 is 0 Å². The van der Waals surface area contributed by atoms with Gasteiger partial charge in [-0.05, 0) is 20.0 Å². The topological polar surface area (TPSA) is 23.6 Å². The van der Waals surface area contributed by atoms with Crippen molar-refractivity contribution in [2.45, 2.75) is 27.2 Å². The van der Waals surface area contributed by atoms with E-state index in [1.807, 2.05) is 18.7 Å². The van der Waals surface area contributed by atoms with Crippen molar-refractivity contribution in [3.8, 4) is 0 Å². The Morgan fingerprint density at radius 2 is 1.69 bits per heavy atom. The van der Waals surface area contributed by atoms with Gasteiger partial charge in [-0.1, -0.05) is 13.8 Å². The summed E-state index contributed by atoms with van der Waals surface area (Å²) in [7, 11) is 2.10. The Morgan fingerprint density at radius 1 is 1.08 bits per heavy atom. The Kier molecular flexibility index (Phi) is 6.59. The van der Waals surface area contributed by atoms with Gasteiger partial charge in [-0.2, -0.15) is 0 Å². The number of nitrogens with zero attached hydrogens (tertiary/aromatic N) is 2. The summed E-state index contributed by atoms with van der Waals surface area (Å²) in [5.41, 5.74) is 0. The third kappa shape index (κ3) is 4.88. The zero-order valence-corrected chi connectivity index (χ0v) is 9.34. The van der Waals surface area contributed by atoms with Crippen molar-refractivity contribution in [3.63, 3.8) is 0 Å². The number of hydrogen-bond donors (Lipinski definition) is 0. The Bertz CT molecular complexity index is 148. The molecule has 3 nitrogen and oxygen atoms in total. The fraction of sp³-hybridized carbons (Fsp3) is 0.900. The van der Waals surface area contributed by atoms with E-state index >= 15 is 0 Å². The number of hydrogen-bond acceptors (Lipinski definition) is 2. The molecule has 1 rings (SSSR count). The van der Waals surface area contributed by atoms with E-state index in [9.17, 15) is 4.79 Å². The second-order valence-electron chi connectivity index (χ2n) is 3.16. The summed E-state index contributed by atoms with van der Waals surface area (Å²) in [4.78, 5) is 15.2. The molecule has 0 aliphatic carbocycles. The molecule has 0 radical (unpaired) electrons. The minimum absolute atomic E-state index is 0.209. The molecule has 0 saturated carbocycles. The lowest BCUT2D eigenvalue weighted by atomic mass is 10.4. The Morgan fingerprint density at radius 3 is 2.23 bits per heavy atom. The quantitative estimate of drug-likeness (QED) is 0.567. The first-order valence-corrected chi connectivity index (χ1v) is 5.14. The standard InChI is InChI=1S/C8H16N2O.C2H6/c1-8(11)10-5-3-4-9(2)6-7-10;1-2/h3-7H2,1-2H3;1-2H3. The molecular formula is C10H22N2O. The van der Waals surface area contributed by atoms with Gasteiger partial charge in [-0.3, -0.25) is 4.79 Å². The fourth-order valence-corrected chi connectivity index (χ4v) is 1.36. The van der Waals surface area contributed by atoms with Gasteiger partial charge in [-0.25, -0.2) is 0 Å². The van der Waals surface area contributed by atoms with Crippen LogP contribution in [0.2, 0.25) is 0 Å². The number of amides is 1. The molecule has 78 valence electrons. The molecule has 3 heteroatoms. The molecule has 1 aliphatic heterocycles. The zero-order valence-electron chi connectivity index (χ0n) is 9.34. The van der Waals surface area contributed by atoms with Crippen LogP contribution in [0.1, 0.15) is 27.2 Å². The number of rotatable bonds is 0. The van der Waals surface area contributed by atoms with Crippen molar-refractivity contribution >= 4 is 5.91 Å². The van der Waals surface area contributed by atoms with Crippen LogP contribution >= 0.6 is 0 Å². The Balaban J connectivity index is 0.000000671. The molecule has 13 heavy (non-hydrogen) atoms. The van der Waals surface area contributed by atoms with Crippen molar-refractivity contribution in [1.29, 1.82) is 0 Å². The number of likely N-dealkylation sites (N-methyl/N-ethyl adjacent to an activating group) is 1. The van der Waals surface area contributed by atoms with Crippen LogP contribution in [0.5, 0.6) is 0 Å². The van der Waals surface area contributed by atoms with Crippen LogP contribution in [0.25, 0.3) is 0 Å². The normalized spacial score (nSPS) is 18.6. The predicted molar refractivity (Wildman–Crippen MR) is 55.7 cm³/mol. The van der Waals surface area contributed by atoms with E-state index < -0.39 is 0 Å². The van der Waals surface area contributed by atoms with E-state index in [1.54, 1.807) is 6.92 Å². The molecule has 0 atom stereocenters. The molecule has 1 heterocycles. The van der Waals surface area contributed by atoms with Gasteiger partial charge >= 0.3 is 0 Å². The number of carbonyl (C=O) groups excluding carboxylic acids is 1. The lowest BCUT2D eigenvalue weighted by molar-refractivity contribution is -0.128. The van der Waals surface area contributed by atoms with Crippen molar-refractivity contribution < 1.29 is 4.79 Å². The van der Waals surface area contributed by atoms with Crippen LogP contribution in [0.15, 0.2) is 0 Å². The van der Waals surface area contributed by atoms with E-state index in [1.165, 1.54) is 0 Å². The van der Waals surface area contributed by atoms with Gasteiger partial charge in [0.05, 0.1) is 0 Å². The monoisotopic (exact) mass is 186 g/mol. The summed E-state index contributed by atoms with van der Waals surface area (Å²) >= 11 is 0. The summed E-state index contributed by atoms with van der Waals surface area (Å²) in [6.07, 6.45) is 1.11. The molecule has 1 aliphatic rings. The van der Waals surface area contributed by atoms with Gasteiger partial charge in [0, 0.05) is 26.6 Å². The van der Waals surface area contributed by atoms with E-state index in [4.69, 9.17) is 0 Å². The van der Waals surface area contributed by atoms with Crippen LogP contribution in [0.4, 0.5) is 0 Å². The van der Waals surface area contributed by atoms with Crippen molar-refractivity contribution in [3.05, 3.63) is 0 Å². The largest absolute Gasteiger partial charge is 0.342 e. The first kappa shape index (κ1) is 12.4. The second-order valence-corrected chi connectivity index (χ2v) is 3.16. The third-order valence-corrected chi connectivity index (χ3v) is 2.16. The SMILES string of the molecule is CC.CC(=O)N1CCCN(C)CC1. The highest BCUT2D eigenvalue weighted by Crippen LogP contribution is 2.00. The van der Waals surface area contributed by atoms with E-state index in [0.717, 1.165) is 32.6 Å². The average molecular weight is 186 g/mol. The first-order chi connectivity index (χ1) is 6.20. The molecule has 0 aromatic carbocycles. The maximum atomic E-state index is 11.0. The zero-order chi connectivity index (χ0) is 10.3. The minimum Gasteiger partial charge on any atom is -0.342 e. The van der Waals surface area contributed by atoms with Crippen LogP contribution in [-0.2, 0) is 4.79 Å². The molecular weight excluding hydrogens is 164 g/mol. The summed E-state index contributed by atoms with van der Waals surface area (Å²) in [5, 5.41) is 0. The molecule has 0 bridgehead atoms. The Labute approximate surface area is 81.7 Å². The van der Waals surface area contributed by atoms with Gasteiger partial charge < -0.3 is 9.80 Å². The van der Waals surface area contributed by atoms with Crippen molar-refractivity contribution in [1.82, 2.24) is 9.80 Å². The van der Waals surface area contributed by atoms with Gasteiger partial charge in [0.25, 0.3) is 0 Å². The van der Waals surface area contributed by atoms with Crippen LogP contribution in [-0.4, -0.2) is 48.9 Å². The van der Waals surface area contributed by atoms with E-state index in [-0.39, 0.29) is 5.91 Å². The molecule has 0 unspecified atom stereocenters. The lowest BCUT2D eigenvalue weighted by Crippen LogP contribution is -2.32. The number of carbonyl (C=O) groups is 1. The van der Waals surface area contributed by atoms with Gasteiger partial charge in [-0.15, -0.1) is 0 Å². The average Bonchev–Trinajstić information content (AvgIpc) is 2.33. The van der Waals surface area contributed by atoms with Crippen molar-refractivity contribution in [2.24, 2.45) is 0 Å². The van der Waals surface area contributed by atoms with Gasteiger partial charge in [0.1, 0.15) is 0 Å². The van der Waals surface area contributed by atoms with Gasteiger partial charge in [0.15, 0.2) is 0 Å². The highest BCUT2D eigenvalue weighted by molar-refractivity contribution is 5.73. The molecule has 1 saturated heterocycles. The molecule has 0 aromatic heterocycles. The molecule has 1 fully saturated rings. The molecule has 0 aromatic rings.